The van der Waals surface area contributed by atoms with Crippen molar-refractivity contribution in [3.63, 3.8) is 0 Å². The Labute approximate surface area is 390 Å². The van der Waals surface area contributed by atoms with Crippen LogP contribution >= 0.6 is 0 Å². The van der Waals surface area contributed by atoms with E-state index in [9.17, 15) is 14.4 Å². The van der Waals surface area contributed by atoms with Crippen molar-refractivity contribution in [3.05, 3.63) is 0 Å². The topological polar surface area (TPSA) is 213 Å². The minimum Gasteiger partial charge on any atom is -0.480 e. The zero-order valence-electron chi connectivity index (χ0n) is 40.1. The Bertz CT molecular complexity index is 985. The van der Waals surface area contributed by atoms with Crippen molar-refractivity contribution in [2.24, 2.45) is 0 Å². The van der Waals surface area contributed by atoms with Crippen molar-refractivity contribution in [3.8, 4) is 0 Å². The van der Waals surface area contributed by atoms with Crippen LogP contribution in [-0.2, 0) is 80.7 Å². The lowest BCUT2D eigenvalue weighted by atomic mass is 10.0. The summed E-state index contributed by atoms with van der Waals surface area (Å²) in [6, 6.07) is 0. The summed E-state index contributed by atoms with van der Waals surface area (Å²) >= 11 is 0. The number of amides is 1. The summed E-state index contributed by atoms with van der Waals surface area (Å²) in [5.41, 5.74) is 0. The predicted octanol–water partition coefficient (Wildman–Crippen LogP) is 4.43. The standard InChI is InChI=1S/C46H89NO18/c1-2-3-4-5-6-7-8-9-10-11-12-13-14-15-46(51)65-41-40-63-39-38-62-37-36-61-35-34-60-33-32-59-31-30-58-29-28-57-27-26-56-25-24-55-23-22-54-21-20-53-19-18-52-17-16-47-44(48)42-64-43-45(49)50/h2-43H2,1H3,(H,47,48)(H,49,50). The van der Waals surface area contributed by atoms with Crippen LogP contribution in [0.4, 0.5) is 0 Å². The Morgan fingerprint density at radius 2 is 0.615 bits per heavy atom. The van der Waals surface area contributed by atoms with Gasteiger partial charge in [-0.1, -0.05) is 84.0 Å². The van der Waals surface area contributed by atoms with Crippen molar-refractivity contribution in [2.75, 3.05) is 185 Å². The molecular weight excluding hydrogens is 854 g/mol. The molecule has 0 atom stereocenters. The predicted molar refractivity (Wildman–Crippen MR) is 243 cm³/mol. The molecule has 2 N–H and O–H groups in total. The largest absolute Gasteiger partial charge is 0.480 e. The van der Waals surface area contributed by atoms with Crippen molar-refractivity contribution >= 4 is 17.8 Å². The van der Waals surface area contributed by atoms with Crippen LogP contribution in [0.15, 0.2) is 0 Å². The highest BCUT2D eigenvalue weighted by atomic mass is 16.6. The molecule has 0 rings (SSSR count). The van der Waals surface area contributed by atoms with E-state index in [1.807, 2.05) is 0 Å². The molecular formula is C46H89NO18. The van der Waals surface area contributed by atoms with Gasteiger partial charge in [0.25, 0.3) is 0 Å². The molecule has 0 aromatic heterocycles. The molecule has 0 aromatic carbocycles. The number of unbranched alkanes of at least 4 members (excludes halogenated alkanes) is 12. The SMILES string of the molecule is CCCCCCCCCCCCCCCC(=O)OCCOCCOCCOCCOCCOCCOCCOCCOCCOCCOCCOCCOCCNC(=O)COCC(=O)O. The van der Waals surface area contributed by atoms with Gasteiger partial charge in [-0.15, -0.1) is 0 Å². The van der Waals surface area contributed by atoms with Crippen LogP contribution in [0.5, 0.6) is 0 Å². The van der Waals surface area contributed by atoms with Crippen LogP contribution in [0.3, 0.4) is 0 Å². The highest BCUT2D eigenvalue weighted by Gasteiger charge is 2.05. The average molecular weight is 944 g/mol. The number of carbonyl (C=O) groups excluding carboxylic acids is 2. The Morgan fingerprint density at radius 1 is 0.338 bits per heavy atom. The van der Waals surface area contributed by atoms with E-state index in [1.165, 1.54) is 70.6 Å². The summed E-state index contributed by atoms with van der Waals surface area (Å²) < 4.78 is 75.6. The van der Waals surface area contributed by atoms with E-state index in [0.717, 1.165) is 12.8 Å². The van der Waals surface area contributed by atoms with E-state index >= 15 is 0 Å². The van der Waals surface area contributed by atoms with Gasteiger partial charge in [-0.3, -0.25) is 9.59 Å². The summed E-state index contributed by atoms with van der Waals surface area (Å²) in [7, 11) is 0. The number of carboxylic acids is 1. The Hall–Kier alpha value is -2.11. The molecule has 65 heavy (non-hydrogen) atoms. The molecule has 0 spiro atoms. The molecule has 0 radical (unpaired) electrons. The van der Waals surface area contributed by atoms with Gasteiger partial charge in [0.15, 0.2) is 0 Å². The van der Waals surface area contributed by atoms with Gasteiger partial charge in [0.2, 0.25) is 5.91 Å². The fourth-order valence-corrected chi connectivity index (χ4v) is 5.64. The minimum atomic E-state index is -1.13. The van der Waals surface area contributed by atoms with Crippen molar-refractivity contribution in [2.45, 2.75) is 96.8 Å². The molecule has 0 fully saturated rings. The van der Waals surface area contributed by atoms with Gasteiger partial charge < -0.3 is 76.7 Å². The molecule has 0 saturated carbocycles. The highest BCUT2D eigenvalue weighted by molar-refractivity contribution is 5.77. The fourth-order valence-electron chi connectivity index (χ4n) is 5.64. The van der Waals surface area contributed by atoms with Crippen LogP contribution in [0.2, 0.25) is 0 Å². The van der Waals surface area contributed by atoms with E-state index < -0.39 is 18.5 Å². The molecule has 0 heterocycles. The van der Waals surface area contributed by atoms with E-state index in [2.05, 4.69) is 17.0 Å². The van der Waals surface area contributed by atoms with Crippen LogP contribution in [0.1, 0.15) is 96.8 Å². The summed E-state index contributed by atoms with van der Waals surface area (Å²) in [6.07, 6.45) is 17.2. The number of rotatable bonds is 57. The first-order valence-corrected chi connectivity index (χ1v) is 24.2. The lowest BCUT2D eigenvalue weighted by molar-refractivity contribution is -0.146. The van der Waals surface area contributed by atoms with Gasteiger partial charge in [0, 0.05) is 13.0 Å². The third-order valence-corrected chi connectivity index (χ3v) is 9.09. The molecule has 0 aliphatic carbocycles. The van der Waals surface area contributed by atoms with Gasteiger partial charge in [-0.05, 0) is 6.42 Å². The number of carbonyl (C=O) groups is 3. The Kier molecular flexibility index (Phi) is 54.4. The lowest BCUT2D eigenvalue weighted by Gasteiger charge is -2.09. The van der Waals surface area contributed by atoms with Gasteiger partial charge in [0.1, 0.15) is 19.8 Å². The zero-order valence-corrected chi connectivity index (χ0v) is 40.1. The third kappa shape index (κ3) is 58.0. The first-order valence-electron chi connectivity index (χ1n) is 24.2. The molecule has 0 unspecified atom stereocenters. The summed E-state index contributed by atoms with van der Waals surface area (Å²) in [4.78, 5) is 33.6. The minimum absolute atomic E-state index is 0.140. The number of ether oxygens (including phenoxy) is 14. The van der Waals surface area contributed by atoms with Crippen molar-refractivity contribution in [1.29, 1.82) is 0 Å². The van der Waals surface area contributed by atoms with E-state index in [-0.39, 0.29) is 19.2 Å². The molecule has 0 bridgehead atoms. The van der Waals surface area contributed by atoms with E-state index in [0.29, 0.717) is 172 Å². The number of esters is 1. The first kappa shape index (κ1) is 62.9. The maximum Gasteiger partial charge on any atom is 0.329 e. The maximum atomic E-state index is 11.9. The lowest BCUT2D eigenvalue weighted by Crippen LogP contribution is -2.31. The smallest absolute Gasteiger partial charge is 0.329 e. The van der Waals surface area contributed by atoms with Crippen LogP contribution in [-0.4, -0.2) is 208 Å². The second kappa shape index (κ2) is 56.2. The van der Waals surface area contributed by atoms with Gasteiger partial charge in [0.05, 0.1) is 159 Å². The monoisotopic (exact) mass is 944 g/mol. The third-order valence-electron chi connectivity index (χ3n) is 9.09. The molecule has 0 aliphatic rings. The molecule has 19 heteroatoms. The average Bonchev–Trinajstić information content (AvgIpc) is 3.29. The number of nitrogens with one attached hydrogen (secondary N) is 1. The zero-order chi connectivity index (χ0) is 47.0. The second-order valence-electron chi connectivity index (χ2n) is 14.8. The van der Waals surface area contributed by atoms with E-state index in [1.54, 1.807) is 0 Å². The van der Waals surface area contributed by atoms with Gasteiger partial charge in [-0.2, -0.15) is 0 Å². The highest BCUT2D eigenvalue weighted by Crippen LogP contribution is 2.13. The summed E-state index contributed by atoms with van der Waals surface area (Å²) in [5, 5.41) is 11.0. The number of hydrogen-bond acceptors (Lipinski definition) is 17. The van der Waals surface area contributed by atoms with Gasteiger partial charge >= 0.3 is 11.9 Å². The fraction of sp³-hybridized carbons (Fsp3) is 0.935. The quantitative estimate of drug-likeness (QED) is 0.0638. The summed E-state index contributed by atoms with van der Waals surface area (Å²) in [6.45, 7) is 12.8. The number of hydrogen-bond donors (Lipinski definition) is 2. The normalized spacial score (nSPS) is 11.4. The maximum absolute atomic E-state index is 11.9. The molecule has 386 valence electrons. The second-order valence-corrected chi connectivity index (χ2v) is 14.8. The van der Waals surface area contributed by atoms with E-state index in [4.69, 9.17) is 66.7 Å². The first-order chi connectivity index (χ1) is 32.1. The molecule has 0 aromatic rings. The van der Waals surface area contributed by atoms with Crippen molar-refractivity contribution < 1.29 is 85.8 Å². The molecule has 1 amide bonds. The molecule has 0 saturated heterocycles. The van der Waals surface area contributed by atoms with Gasteiger partial charge in [-0.25, -0.2) is 4.79 Å². The van der Waals surface area contributed by atoms with Crippen LogP contribution in [0, 0.1) is 0 Å². The molecule has 0 aliphatic heterocycles. The van der Waals surface area contributed by atoms with Crippen molar-refractivity contribution in [1.82, 2.24) is 5.32 Å². The van der Waals surface area contributed by atoms with Crippen LogP contribution in [0.25, 0.3) is 0 Å². The van der Waals surface area contributed by atoms with Crippen LogP contribution < -0.4 is 5.32 Å². The Balaban J connectivity index is 3.14. The number of carboxylic acid groups (broad SMARTS) is 1. The summed E-state index contributed by atoms with van der Waals surface area (Å²) in [5.74, 6) is -1.67. The Morgan fingerprint density at radius 3 is 0.923 bits per heavy atom. The number of aliphatic carboxylic acids is 1. The molecule has 19 nitrogen and oxygen atoms in total.